The van der Waals surface area contributed by atoms with E-state index in [2.05, 4.69) is 10.3 Å². The van der Waals surface area contributed by atoms with Crippen molar-refractivity contribution < 1.29 is 9.59 Å². The summed E-state index contributed by atoms with van der Waals surface area (Å²) in [5, 5.41) is 3.60. The van der Waals surface area contributed by atoms with E-state index in [-0.39, 0.29) is 31.3 Å². The van der Waals surface area contributed by atoms with Crippen molar-refractivity contribution >= 4 is 23.4 Å². The maximum Gasteiger partial charge on any atom is 0.247 e. The summed E-state index contributed by atoms with van der Waals surface area (Å²) in [7, 11) is 0. The van der Waals surface area contributed by atoms with Crippen molar-refractivity contribution in [2.45, 2.75) is 32.0 Å². The Bertz CT molecular complexity index is 1250. The van der Waals surface area contributed by atoms with Crippen LogP contribution < -0.4 is 5.32 Å². The lowest BCUT2D eigenvalue weighted by atomic mass is 10.0. The van der Waals surface area contributed by atoms with Crippen molar-refractivity contribution in [2.75, 3.05) is 0 Å². The number of carbonyl (C=O) groups is 2. The van der Waals surface area contributed by atoms with Crippen LogP contribution in [0.3, 0.4) is 0 Å². The van der Waals surface area contributed by atoms with E-state index in [4.69, 9.17) is 11.6 Å². The summed E-state index contributed by atoms with van der Waals surface area (Å²) in [5.74, 6) is -0.357. The Kier molecular flexibility index (Phi) is 8.84. The van der Waals surface area contributed by atoms with E-state index in [9.17, 15) is 9.59 Å². The Labute approximate surface area is 216 Å². The smallest absolute Gasteiger partial charge is 0.247 e. The number of halogens is 1. The van der Waals surface area contributed by atoms with E-state index in [1.165, 1.54) is 0 Å². The van der Waals surface area contributed by atoms with E-state index in [1.54, 1.807) is 23.2 Å². The molecule has 6 heteroatoms. The summed E-state index contributed by atoms with van der Waals surface area (Å²) in [4.78, 5) is 33.3. The fraction of sp³-hybridized carbons (Fsp3) is 0.167. The highest BCUT2D eigenvalue weighted by atomic mass is 35.5. The molecule has 1 heterocycles. The molecule has 2 amide bonds. The molecule has 0 aliphatic rings. The Morgan fingerprint density at radius 2 is 1.47 bits per heavy atom. The van der Waals surface area contributed by atoms with Gasteiger partial charge in [0.15, 0.2) is 0 Å². The van der Waals surface area contributed by atoms with Crippen molar-refractivity contribution in [3.63, 3.8) is 0 Å². The van der Waals surface area contributed by atoms with Gasteiger partial charge in [-0.1, -0.05) is 90.5 Å². The average molecular weight is 498 g/mol. The minimum Gasteiger partial charge on any atom is -0.348 e. The third-order valence-electron chi connectivity index (χ3n) is 5.90. The highest BCUT2D eigenvalue weighted by molar-refractivity contribution is 6.30. The lowest BCUT2D eigenvalue weighted by molar-refractivity contribution is -0.141. The molecule has 3 aromatic carbocycles. The van der Waals surface area contributed by atoms with Crippen LogP contribution in [0.1, 0.15) is 34.8 Å². The molecule has 0 saturated carbocycles. The second-order valence-corrected chi connectivity index (χ2v) is 8.92. The predicted octanol–water partition coefficient (Wildman–Crippen LogP) is 5.75. The molecule has 5 nitrogen and oxygen atoms in total. The molecule has 4 aromatic rings. The number of aromatic nitrogens is 1. The van der Waals surface area contributed by atoms with Gasteiger partial charge in [-0.25, -0.2) is 0 Å². The number of hydrogen-bond donors (Lipinski definition) is 1. The van der Waals surface area contributed by atoms with E-state index in [0.717, 1.165) is 22.4 Å². The van der Waals surface area contributed by atoms with Crippen LogP contribution in [-0.4, -0.2) is 21.7 Å². The molecule has 0 spiro atoms. The first kappa shape index (κ1) is 25.1. The molecule has 0 radical (unpaired) electrons. The molecule has 0 saturated heterocycles. The van der Waals surface area contributed by atoms with E-state index >= 15 is 0 Å². The SMILES string of the molecule is O=C(NCc1ccccn1)[C@@H](c1ccccc1)N(Cc1ccc(Cl)cc1)C(=O)CCc1ccccc1. The summed E-state index contributed by atoms with van der Waals surface area (Å²) in [6.45, 7) is 0.553. The zero-order valence-corrected chi connectivity index (χ0v) is 20.6. The highest BCUT2D eigenvalue weighted by Gasteiger charge is 2.31. The topological polar surface area (TPSA) is 62.3 Å². The van der Waals surface area contributed by atoms with Gasteiger partial charge >= 0.3 is 0 Å². The predicted molar refractivity (Wildman–Crippen MR) is 142 cm³/mol. The van der Waals surface area contributed by atoms with Gasteiger partial charge in [0.05, 0.1) is 12.2 Å². The maximum atomic E-state index is 13.7. The van der Waals surface area contributed by atoms with Crippen LogP contribution in [0.5, 0.6) is 0 Å². The summed E-state index contributed by atoms with van der Waals surface area (Å²) in [6.07, 6.45) is 2.57. The molecule has 1 aromatic heterocycles. The summed E-state index contributed by atoms with van der Waals surface area (Å²) < 4.78 is 0. The Hall–Kier alpha value is -3.96. The van der Waals surface area contributed by atoms with Gasteiger partial charge in [-0.15, -0.1) is 0 Å². The Morgan fingerprint density at radius 1 is 0.806 bits per heavy atom. The van der Waals surface area contributed by atoms with Crippen molar-refractivity contribution in [2.24, 2.45) is 0 Å². The van der Waals surface area contributed by atoms with Crippen LogP contribution in [-0.2, 0) is 29.1 Å². The zero-order valence-electron chi connectivity index (χ0n) is 19.9. The van der Waals surface area contributed by atoms with Crippen molar-refractivity contribution in [3.05, 3.63) is 137 Å². The van der Waals surface area contributed by atoms with E-state index in [0.29, 0.717) is 11.4 Å². The van der Waals surface area contributed by atoms with Crippen LogP contribution in [0.25, 0.3) is 0 Å². The van der Waals surface area contributed by atoms with Crippen LogP contribution in [0, 0.1) is 0 Å². The van der Waals surface area contributed by atoms with Crippen LogP contribution in [0.4, 0.5) is 0 Å². The molecule has 4 rings (SSSR count). The van der Waals surface area contributed by atoms with Gasteiger partial charge < -0.3 is 10.2 Å². The molecule has 182 valence electrons. The van der Waals surface area contributed by atoms with Gasteiger partial charge in [0.25, 0.3) is 0 Å². The second-order valence-electron chi connectivity index (χ2n) is 8.49. The minimum absolute atomic E-state index is 0.101. The van der Waals surface area contributed by atoms with Crippen molar-refractivity contribution in [3.8, 4) is 0 Å². The Balaban J connectivity index is 1.62. The zero-order chi connectivity index (χ0) is 25.2. The van der Waals surface area contributed by atoms with Crippen molar-refractivity contribution in [1.82, 2.24) is 15.2 Å². The van der Waals surface area contributed by atoms with E-state index in [1.807, 2.05) is 91.0 Å². The number of benzene rings is 3. The average Bonchev–Trinajstić information content (AvgIpc) is 2.93. The highest BCUT2D eigenvalue weighted by Crippen LogP contribution is 2.26. The number of amides is 2. The maximum absolute atomic E-state index is 13.7. The second kappa shape index (κ2) is 12.7. The first-order valence-electron chi connectivity index (χ1n) is 11.9. The normalized spacial score (nSPS) is 11.5. The molecular formula is C30H28ClN3O2. The molecule has 1 atom stereocenters. The standard InChI is InChI=1S/C30H28ClN3O2/c31-26-17-14-24(15-18-26)22-34(28(35)19-16-23-9-3-1-4-10-23)29(25-11-5-2-6-12-25)30(36)33-21-27-13-7-8-20-32-27/h1-15,17-18,20,29H,16,19,21-22H2,(H,33,36)/t29-/m1/s1. The number of aryl methyl sites for hydroxylation is 1. The quantitative estimate of drug-likeness (QED) is 0.303. The van der Waals surface area contributed by atoms with Crippen LogP contribution >= 0.6 is 11.6 Å². The number of pyridine rings is 1. The molecule has 0 fully saturated rings. The minimum atomic E-state index is -0.797. The van der Waals surface area contributed by atoms with Gasteiger partial charge in [-0.3, -0.25) is 14.6 Å². The van der Waals surface area contributed by atoms with Gasteiger partial charge in [-0.2, -0.15) is 0 Å². The van der Waals surface area contributed by atoms with E-state index < -0.39 is 6.04 Å². The molecule has 1 N–H and O–H groups in total. The molecule has 36 heavy (non-hydrogen) atoms. The lowest BCUT2D eigenvalue weighted by Gasteiger charge is -2.32. The number of nitrogens with one attached hydrogen (secondary N) is 1. The first-order valence-corrected chi connectivity index (χ1v) is 12.3. The molecule has 0 unspecified atom stereocenters. The summed E-state index contributed by atoms with van der Waals surface area (Å²) >= 11 is 6.09. The number of carbonyl (C=O) groups excluding carboxylic acids is 2. The molecular weight excluding hydrogens is 470 g/mol. The largest absolute Gasteiger partial charge is 0.348 e. The molecule has 0 aliphatic carbocycles. The number of rotatable bonds is 10. The van der Waals surface area contributed by atoms with Gasteiger partial charge in [-0.05, 0) is 47.4 Å². The molecule has 0 aliphatic heterocycles. The third-order valence-corrected chi connectivity index (χ3v) is 6.15. The fourth-order valence-corrected chi connectivity index (χ4v) is 4.16. The number of hydrogen-bond acceptors (Lipinski definition) is 3. The lowest BCUT2D eigenvalue weighted by Crippen LogP contribution is -2.43. The third kappa shape index (κ3) is 7.03. The Morgan fingerprint density at radius 3 is 2.14 bits per heavy atom. The summed E-state index contributed by atoms with van der Waals surface area (Å²) in [5.41, 5.74) is 3.47. The van der Waals surface area contributed by atoms with Crippen molar-refractivity contribution in [1.29, 1.82) is 0 Å². The van der Waals surface area contributed by atoms with Crippen LogP contribution in [0.15, 0.2) is 109 Å². The molecule has 0 bridgehead atoms. The monoisotopic (exact) mass is 497 g/mol. The number of nitrogens with zero attached hydrogens (tertiary/aromatic N) is 2. The summed E-state index contributed by atoms with van der Waals surface area (Å²) in [6, 6.07) is 31.4. The van der Waals surface area contributed by atoms with Crippen LogP contribution in [0.2, 0.25) is 5.02 Å². The van der Waals surface area contributed by atoms with Gasteiger partial charge in [0.2, 0.25) is 11.8 Å². The van der Waals surface area contributed by atoms with Gasteiger partial charge in [0, 0.05) is 24.2 Å². The fourth-order valence-electron chi connectivity index (χ4n) is 4.03. The van der Waals surface area contributed by atoms with Gasteiger partial charge in [0.1, 0.15) is 6.04 Å². The first-order chi connectivity index (χ1) is 17.6.